The zero-order chi connectivity index (χ0) is 14.8. The summed E-state index contributed by atoms with van der Waals surface area (Å²) in [6.45, 7) is 1.08. The lowest BCUT2D eigenvalue weighted by Gasteiger charge is -2.13. The van der Waals surface area contributed by atoms with Crippen molar-refractivity contribution in [3.8, 4) is 0 Å². The molecule has 3 aromatic rings. The third-order valence-corrected chi connectivity index (χ3v) is 4.74. The summed E-state index contributed by atoms with van der Waals surface area (Å²) >= 11 is 5.10. The van der Waals surface area contributed by atoms with E-state index in [4.69, 9.17) is 4.42 Å². The molecule has 0 radical (unpaired) electrons. The summed E-state index contributed by atoms with van der Waals surface area (Å²) in [6.07, 6.45) is 0. The van der Waals surface area contributed by atoms with Crippen LogP contribution in [0.15, 0.2) is 50.0 Å². The average Bonchev–Trinajstić information content (AvgIpc) is 3.04. The molecule has 0 saturated heterocycles. The second-order valence-electron chi connectivity index (χ2n) is 5.00. The van der Waals surface area contributed by atoms with Gasteiger partial charge in [-0.1, -0.05) is 18.2 Å². The van der Waals surface area contributed by atoms with Gasteiger partial charge in [-0.15, -0.1) is 11.3 Å². The van der Waals surface area contributed by atoms with Crippen LogP contribution in [-0.4, -0.2) is 24.3 Å². The van der Waals surface area contributed by atoms with Crippen LogP contribution in [0.2, 0.25) is 0 Å². The summed E-state index contributed by atoms with van der Waals surface area (Å²) in [4.78, 5) is 14.3. The van der Waals surface area contributed by atoms with Crippen molar-refractivity contribution in [2.24, 2.45) is 0 Å². The van der Waals surface area contributed by atoms with Crippen LogP contribution < -0.4 is 0 Å². The topological polar surface area (TPSA) is 33.5 Å². The van der Waals surface area contributed by atoms with Crippen LogP contribution in [0.1, 0.15) is 16.1 Å². The number of benzene rings is 1. The van der Waals surface area contributed by atoms with Crippen molar-refractivity contribution in [1.29, 1.82) is 0 Å². The van der Waals surface area contributed by atoms with E-state index in [-0.39, 0.29) is 5.78 Å². The van der Waals surface area contributed by atoms with Gasteiger partial charge in [0.05, 0.1) is 10.3 Å². The van der Waals surface area contributed by atoms with E-state index in [1.807, 2.05) is 42.3 Å². The van der Waals surface area contributed by atoms with Crippen molar-refractivity contribution in [3.05, 3.63) is 56.9 Å². The largest absolute Gasteiger partial charge is 0.453 e. The van der Waals surface area contributed by atoms with Gasteiger partial charge in [-0.2, -0.15) is 0 Å². The number of fused-ring (bicyclic) bond motifs is 1. The first-order valence-electron chi connectivity index (χ1n) is 6.55. The van der Waals surface area contributed by atoms with Crippen molar-refractivity contribution in [1.82, 2.24) is 4.90 Å². The first kappa shape index (κ1) is 14.5. The molecule has 0 saturated carbocycles. The lowest BCUT2D eigenvalue weighted by molar-refractivity contribution is 0.0918. The van der Waals surface area contributed by atoms with E-state index in [1.165, 1.54) is 5.56 Å². The quantitative estimate of drug-likeness (QED) is 0.622. The predicted octanol–water partition coefficient (Wildman–Crippen LogP) is 4.57. The Kier molecular flexibility index (Phi) is 4.24. The molecule has 0 aliphatic heterocycles. The van der Waals surface area contributed by atoms with Gasteiger partial charge in [0, 0.05) is 11.9 Å². The maximum atomic E-state index is 12.3. The zero-order valence-electron chi connectivity index (χ0n) is 11.5. The Morgan fingerprint density at radius 1 is 1.33 bits per heavy atom. The number of furan rings is 1. The van der Waals surface area contributed by atoms with E-state index in [9.17, 15) is 4.79 Å². The number of hydrogen-bond acceptors (Lipinski definition) is 4. The molecule has 2 heterocycles. The van der Waals surface area contributed by atoms with E-state index in [2.05, 4.69) is 27.4 Å². The van der Waals surface area contributed by atoms with Gasteiger partial charge in [-0.25, -0.2) is 0 Å². The molecule has 0 unspecified atom stereocenters. The predicted molar refractivity (Wildman–Crippen MR) is 88.9 cm³/mol. The SMILES string of the molecule is CN(CC(=O)c1cc2ccccc2o1)Cc1csc(Br)c1. The molecule has 21 heavy (non-hydrogen) atoms. The summed E-state index contributed by atoms with van der Waals surface area (Å²) in [7, 11) is 1.94. The fourth-order valence-corrected chi connectivity index (χ4v) is 3.44. The number of ketones is 1. The van der Waals surface area contributed by atoms with Crippen LogP contribution in [-0.2, 0) is 6.54 Å². The van der Waals surface area contributed by atoms with Crippen molar-refractivity contribution >= 4 is 44.0 Å². The van der Waals surface area contributed by atoms with Gasteiger partial charge in [-0.05, 0) is 52.1 Å². The lowest BCUT2D eigenvalue weighted by atomic mass is 10.2. The second kappa shape index (κ2) is 6.13. The molecule has 1 aromatic carbocycles. The molecular formula is C16H14BrNO2S. The van der Waals surface area contributed by atoms with Crippen LogP contribution in [0.3, 0.4) is 0 Å². The Labute approximate surface area is 135 Å². The van der Waals surface area contributed by atoms with Crippen LogP contribution >= 0.6 is 27.3 Å². The molecule has 0 aliphatic rings. The number of nitrogens with zero attached hydrogens (tertiary/aromatic N) is 1. The van der Waals surface area contributed by atoms with Crippen molar-refractivity contribution in [2.45, 2.75) is 6.54 Å². The lowest BCUT2D eigenvalue weighted by Crippen LogP contribution is -2.25. The first-order chi connectivity index (χ1) is 10.1. The Morgan fingerprint density at radius 2 is 2.14 bits per heavy atom. The minimum absolute atomic E-state index is 0.00277. The number of carbonyl (C=O) groups excluding carboxylic acids is 1. The van der Waals surface area contributed by atoms with Crippen molar-refractivity contribution in [2.75, 3.05) is 13.6 Å². The van der Waals surface area contributed by atoms with E-state index in [0.717, 1.165) is 21.3 Å². The number of likely N-dealkylation sites (N-methyl/N-ethyl adjacent to an activating group) is 1. The van der Waals surface area contributed by atoms with Gasteiger partial charge < -0.3 is 4.42 Å². The summed E-state index contributed by atoms with van der Waals surface area (Å²) < 4.78 is 6.71. The molecular weight excluding hydrogens is 350 g/mol. The molecule has 0 aliphatic carbocycles. The number of para-hydroxylation sites is 1. The highest BCUT2D eigenvalue weighted by atomic mass is 79.9. The highest BCUT2D eigenvalue weighted by molar-refractivity contribution is 9.11. The number of Topliss-reactive ketones (excluding diaryl/α,β-unsaturated/α-hetero) is 1. The van der Waals surface area contributed by atoms with E-state index >= 15 is 0 Å². The molecule has 0 fully saturated rings. The summed E-state index contributed by atoms with van der Waals surface area (Å²) in [5.41, 5.74) is 1.96. The maximum Gasteiger partial charge on any atom is 0.211 e. The molecule has 108 valence electrons. The van der Waals surface area contributed by atoms with Crippen LogP contribution in [0.4, 0.5) is 0 Å². The fourth-order valence-electron chi connectivity index (χ4n) is 2.24. The van der Waals surface area contributed by atoms with Gasteiger partial charge in [-0.3, -0.25) is 9.69 Å². The average molecular weight is 364 g/mol. The smallest absolute Gasteiger partial charge is 0.211 e. The molecule has 0 bridgehead atoms. The van der Waals surface area contributed by atoms with Crippen molar-refractivity contribution < 1.29 is 9.21 Å². The summed E-state index contributed by atoms with van der Waals surface area (Å²) in [5, 5.41) is 3.05. The van der Waals surface area contributed by atoms with E-state index < -0.39 is 0 Å². The molecule has 3 rings (SSSR count). The van der Waals surface area contributed by atoms with Crippen molar-refractivity contribution in [3.63, 3.8) is 0 Å². The van der Waals surface area contributed by atoms with Gasteiger partial charge in [0.1, 0.15) is 5.58 Å². The highest BCUT2D eigenvalue weighted by Gasteiger charge is 2.14. The molecule has 0 N–H and O–H groups in total. The van der Waals surface area contributed by atoms with Crippen LogP contribution in [0, 0.1) is 0 Å². The minimum atomic E-state index is 0.00277. The normalized spacial score (nSPS) is 11.4. The second-order valence-corrected chi connectivity index (χ2v) is 7.29. The maximum absolute atomic E-state index is 12.3. The third-order valence-electron chi connectivity index (χ3n) is 3.19. The summed E-state index contributed by atoms with van der Waals surface area (Å²) in [5.74, 6) is 0.428. The summed E-state index contributed by atoms with van der Waals surface area (Å²) in [6, 6.07) is 11.5. The molecule has 2 aromatic heterocycles. The highest BCUT2D eigenvalue weighted by Crippen LogP contribution is 2.22. The Hall–Kier alpha value is -1.43. The number of thiophene rings is 1. The first-order valence-corrected chi connectivity index (χ1v) is 8.22. The number of halogens is 1. The van der Waals surface area contributed by atoms with Crippen LogP contribution in [0.5, 0.6) is 0 Å². The van der Waals surface area contributed by atoms with Gasteiger partial charge in [0.25, 0.3) is 0 Å². The Bertz CT molecular complexity index is 744. The molecule has 0 amide bonds. The Balaban J connectivity index is 1.67. The molecule has 5 heteroatoms. The monoisotopic (exact) mass is 363 g/mol. The van der Waals surface area contributed by atoms with Crippen LogP contribution in [0.25, 0.3) is 11.0 Å². The molecule has 3 nitrogen and oxygen atoms in total. The van der Waals surface area contributed by atoms with E-state index in [1.54, 1.807) is 11.3 Å². The number of rotatable bonds is 5. The minimum Gasteiger partial charge on any atom is -0.453 e. The molecule has 0 spiro atoms. The standard InChI is InChI=1S/C16H14BrNO2S/c1-18(8-11-6-16(17)21-10-11)9-13(19)15-7-12-4-2-3-5-14(12)20-15/h2-7,10H,8-9H2,1H3. The van der Waals surface area contributed by atoms with Gasteiger partial charge >= 0.3 is 0 Å². The molecule has 0 atom stereocenters. The van der Waals surface area contributed by atoms with E-state index in [0.29, 0.717) is 12.3 Å². The zero-order valence-corrected chi connectivity index (χ0v) is 13.9. The fraction of sp³-hybridized carbons (Fsp3) is 0.188. The number of carbonyl (C=O) groups is 1. The third kappa shape index (κ3) is 3.43. The number of hydrogen-bond donors (Lipinski definition) is 0. The Morgan fingerprint density at radius 3 is 2.86 bits per heavy atom. The van der Waals surface area contributed by atoms with Gasteiger partial charge in [0.2, 0.25) is 5.78 Å². The van der Waals surface area contributed by atoms with Gasteiger partial charge in [0.15, 0.2) is 5.76 Å².